The maximum absolute atomic E-state index is 12.5. The van der Waals surface area contributed by atoms with E-state index in [1.165, 1.54) is 0 Å². The summed E-state index contributed by atoms with van der Waals surface area (Å²) in [5, 5.41) is 19.3. The smallest absolute Gasteiger partial charge is 0.323 e. The number of carboxylic acid groups (broad SMARTS) is 1. The third-order valence-corrected chi connectivity index (χ3v) is 6.63. The van der Waals surface area contributed by atoms with E-state index >= 15 is 0 Å². The van der Waals surface area contributed by atoms with E-state index in [0.29, 0.717) is 61.5 Å². The molecular weight excluding hydrogens is 524 g/mol. The van der Waals surface area contributed by atoms with Gasteiger partial charge in [0.25, 0.3) is 0 Å². The van der Waals surface area contributed by atoms with Crippen LogP contribution in [0.4, 0.5) is 16.2 Å². The topological polar surface area (TPSA) is 129 Å². The molecule has 0 unspecified atom stereocenters. The average Bonchev–Trinajstić information content (AvgIpc) is 3.35. The van der Waals surface area contributed by atoms with Crippen molar-refractivity contribution in [1.29, 1.82) is 0 Å². The van der Waals surface area contributed by atoms with E-state index in [1.807, 2.05) is 25.2 Å². The molecule has 12 heteroatoms. The number of aryl methyl sites for hydroxylation is 1. The molecule has 39 heavy (non-hydrogen) atoms. The molecule has 1 aliphatic heterocycles. The lowest BCUT2D eigenvalue weighted by molar-refractivity contribution is -0.141. The largest absolute Gasteiger partial charge is 0.492 e. The molecule has 1 aliphatic rings. The lowest BCUT2D eigenvalue weighted by atomic mass is 10.1. The van der Waals surface area contributed by atoms with Crippen LogP contribution in [0.5, 0.6) is 5.75 Å². The number of nitrogens with one attached hydrogen (secondary N) is 2. The molecule has 3 aromatic rings. The Morgan fingerprint density at radius 2 is 1.67 bits per heavy atom. The number of hydrogen-bond acceptors (Lipinski definition) is 6. The number of aliphatic carboxylic acids is 1. The Balaban J connectivity index is 1.34. The third-order valence-electron chi connectivity index (χ3n) is 6.38. The minimum Gasteiger partial charge on any atom is -0.492 e. The first-order chi connectivity index (χ1) is 18.8. The number of piperazine rings is 1. The van der Waals surface area contributed by atoms with Crippen LogP contribution < -0.4 is 15.4 Å². The zero-order valence-corrected chi connectivity index (χ0v) is 22.4. The van der Waals surface area contributed by atoms with Gasteiger partial charge in [0, 0.05) is 74.3 Å². The predicted molar refractivity (Wildman–Crippen MR) is 148 cm³/mol. The summed E-state index contributed by atoms with van der Waals surface area (Å²) >= 11 is 5.91. The van der Waals surface area contributed by atoms with Crippen molar-refractivity contribution in [3.8, 4) is 17.0 Å². The summed E-state index contributed by atoms with van der Waals surface area (Å²) in [7, 11) is 1.84. The highest BCUT2D eigenvalue weighted by molar-refractivity contribution is 6.30. The summed E-state index contributed by atoms with van der Waals surface area (Å²) in [6, 6.07) is 13.8. The highest BCUT2D eigenvalue weighted by Crippen LogP contribution is 2.32. The number of carboxylic acids is 1. The molecular formula is C27H31ClN6O5. The number of halogens is 1. The van der Waals surface area contributed by atoms with Crippen LogP contribution in [0, 0.1) is 0 Å². The summed E-state index contributed by atoms with van der Waals surface area (Å²) in [5.74, 6) is -0.427. The van der Waals surface area contributed by atoms with Crippen LogP contribution in [0.3, 0.4) is 0 Å². The summed E-state index contributed by atoms with van der Waals surface area (Å²) in [6.07, 6.45) is 1.58. The van der Waals surface area contributed by atoms with Gasteiger partial charge in [0.15, 0.2) is 0 Å². The minimum absolute atomic E-state index is 0.0306. The fourth-order valence-electron chi connectivity index (χ4n) is 4.28. The molecule has 3 N–H and O–H groups in total. The summed E-state index contributed by atoms with van der Waals surface area (Å²) < 4.78 is 7.89. The van der Waals surface area contributed by atoms with Gasteiger partial charge in [-0.3, -0.25) is 19.2 Å². The van der Waals surface area contributed by atoms with Crippen LogP contribution >= 0.6 is 11.6 Å². The van der Waals surface area contributed by atoms with Crippen molar-refractivity contribution >= 4 is 40.9 Å². The molecule has 4 rings (SSSR count). The molecule has 2 heterocycles. The van der Waals surface area contributed by atoms with Gasteiger partial charge in [-0.2, -0.15) is 5.10 Å². The van der Waals surface area contributed by atoms with Gasteiger partial charge in [0.2, 0.25) is 5.91 Å². The van der Waals surface area contributed by atoms with Gasteiger partial charge in [-0.15, -0.1) is 0 Å². The zero-order chi connectivity index (χ0) is 27.8. The van der Waals surface area contributed by atoms with E-state index in [9.17, 15) is 14.4 Å². The summed E-state index contributed by atoms with van der Waals surface area (Å²) in [4.78, 5) is 39.3. The number of nitrogens with zero attached hydrogens (tertiary/aromatic N) is 4. The van der Waals surface area contributed by atoms with Gasteiger partial charge in [-0.25, -0.2) is 4.79 Å². The molecule has 0 bridgehead atoms. The summed E-state index contributed by atoms with van der Waals surface area (Å²) in [5.41, 5.74) is 2.83. The zero-order valence-electron chi connectivity index (χ0n) is 21.6. The van der Waals surface area contributed by atoms with Crippen molar-refractivity contribution in [1.82, 2.24) is 19.6 Å². The fourth-order valence-corrected chi connectivity index (χ4v) is 4.40. The van der Waals surface area contributed by atoms with E-state index in [0.717, 1.165) is 11.3 Å². The minimum atomic E-state index is -0.963. The Hall–Kier alpha value is -4.09. The number of anilines is 2. The van der Waals surface area contributed by atoms with Crippen molar-refractivity contribution in [2.45, 2.75) is 12.8 Å². The van der Waals surface area contributed by atoms with Gasteiger partial charge in [-0.05, 0) is 48.5 Å². The van der Waals surface area contributed by atoms with E-state index in [2.05, 4.69) is 20.6 Å². The Morgan fingerprint density at radius 1 is 0.974 bits per heavy atom. The lowest BCUT2D eigenvalue weighted by Gasteiger charge is -2.34. The molecule has 11 nitrogen and oxygen atoms in total. The predicted octanol–water partition coefficient (Wildman–Crippen LogP) is 3.77. The van der Waals surface area contributed by atoms with E-state index in [1.54, 1.807) is 46.1 Å². The molecule has 0 saturated carbocycles. The molecule has 0 spiro atoms. The van der Waals surface area contributed by atoms with E-state index in [-0.39, 0.29) is 24.8 Å². The van der Waals surface area contributed by atoms with Gasteiger partial charge in [-0.1, -0.05) is 11.6 Å². The monoisotopic (exact) mass is 554 g/mol. The number of carbonyl (C=O) groups is 3. The molecule has 1 fully saturated rings. The van der Waals surface area contributed by atoms with Gasteiger partial charge in [0.05, 0.1) is 12.1 Å². The second-order valence-corrected chi connectivity index (χ2v) is 9.54. The highest BCUT2D eigenvalue weighted by Gasteiger charge is 2.21. The third kappa shape index (κ3) is 7.95. The summed E-state index contributed by atoms with van der Waals surface area (Å²) in [6.45, 7) is 3.63. The fraction of sp³-hybridized carbons (Fsp3) is 0.333. The number of rotatable bonds is 10. The van der Waals surface area contributed by atoms with Crippen molar-refractivity contribution < 1.29 is 24.2 Å². The first-order valence-corrected chi connectivity index (χ1v) is 13.0. The normalized spacial score (nSPS) is 13.6. The highest BCUT2D eigenvalue weighted by atomic mass is 35.5. The second kappa shape index (κ2) is 13.1. The number of hydrogen-bond donors (Lipinski definition) is 3. The van der Waals surface area contributed by atoms with Crippen molar-refractivity contribution in [3.63, 3.8) is 0 Å². The molecule has 0 radical (unpaired) electrons. The lowest BCUT2D eigenvalue weighted by Crippen LogP contribution is -2.49. The Kier molecular flexibility index (Phi) is 9.40. The second-order valence-electron chi connectivity index (χ2n) is 9.10. The van der Waals surface area contributed by atoms with Gasteiger partial charge in [0.1, 0.15) is 12.4 Å². The first kappa shape index (κ1) is 27.9. The van der Waals surface area contributed by atoms with Crippen molar-refractivity contribution in [2.24, 2.45) is 7.05 Å². The Bertz CT molecular complexity index is 1300. The Labute approximate surface area is 231 Å². The van der Waals surface area contributed by atoms with Gasteiger partial charge < -0.3 is 25.4 Å². The number of ether oxygens (including phenoxy) is 1. The molecule has 3 amide bonds. The number of aromatic nitrogens is 2. The first-order valence-electron chi connectivity index (χ1n) is 12.6. The van der Waals surface area contributed by atoms with Crippen LogP contribution in [0.15, 0.2) is 54.7 Å². The van der Waals surface area contributed by atoms with Crippen LogP contribution in [0.2, 0.25) is 5.02 Å². The molecule has 1 saturated heterocycles. The number of amides is 3. The molecule has 0 aliphatic carbocycles. The van der Waals surface area contributed by atoms with Crippen LogP contribution in [0.1, 0.15) is 12.8 Å². The van der Waals surface area contributed by atoms with Crippen LogP contribution in [-0.2, 0) is 16.6 Å². The number of carbonyl (C=O) groups excluding carboxylic acids is 2. The number of urea groups is 1. The van der Waals surface area contributed by atoms with Crippen molar-refractivity contribution in [2.75, 3.05) is 50.0 Å². The standard InChI is InChI=1S/C27H31ClN6O5/c1-32-23(10-11-29-32)22-18-21(31-27(38)30-20-4-2-19(28)3-5-20)6-7-24(22)39-17-16-33-12-14-34(15-13-33)25(35)8-9-26(36)37/h2-7,10-11,18H,8-9,12-17H2,1H3,(H,36,37)(H2,30,31,38). The van der Waals surface area contributed by atoms with Gasteiger partial charge >= 0.3 is 12.0 Å². The van der Waals surface area contributed by atoms with E-state index in [4.69, 9.17) is 21.4 Å². The SMILES string of the molecule is Cn1nccc1-c1cc(NC(=O)Nc2ccc(Cl)cc2)ccc1OCCN1CCN(C(=O)CCC(=O)O)CC1. The van der Waals surface area contributed by atoms with Crippen LogP contribution in [-0.4, -0.2) is 81.9 Å². The molecule has 0 atom stereocenters. The quantitative estimate of drug-likeness (QED) is 0.348. The Morgan fingerprint density at radius 3 is 2.33 bits per heavy atom. The average molecular weight is 555 g/mol. The molecule has 1 aromatic heterocycles. The molecule has 2 aromatic carbocycles. The molecule has 206 valence electrons. The van der Waals surface area contributed by atoms with E-state index < -0.39 is 5.97 Å². The van der Waals surface area contributed by atoms with Crippen LogP contribution in [0.25, 0.3) is 11.3 Å². The number of benzene rings is 2. The van der Waals surface area contributed by atoms with Crippen molar-refractivity contribution in [3.05, 3.63) is 59.8 Å². The maximum atomic E-state index is 12.5. The maximum Gasteiger partial charge on any atom is 0.323 e.